The molecule has 1 aromatic carbocycles. The fourth-order valence-corrected chi connectivity index (χ4v) is 2.88. The van der Waals surface area contributed by atoms with Crippen molar-refractivity contribution >= 4 is 17.3 Å². The molecule has 5 nitrogen and oxygen atoms in total. The van der Waals surface area contributed by atoms with Gasteiger partial charge in [-0.25, -0.2) is 4.79 Å². The lowest BCUT2D eigenvalue weighted by molar-refractivity contribution is 0.0527. The van der Waals surface area contributed by atoms with E-state index in [1.807, 2.05) is 12.1 Å². The molecule has 1 fully saturated rings. The standard InChI is InChI=1S/C16H25N3O2/c1-3-19-10-6-7-12(19)11-18-14-9-5-8-13(15(14)17)16(20)21-4-2/h5,8-9,12,18H,3-4,6-7,10-11,17H2,1-2H3. The number of carbonyl (C=O) groups is 1. The van der Waals surface area contributed by atoms with Crippen molar-refractivity contribution in [3.63, 3.8) is 0 Å². The number of anilines is 2. The molecule has 5 heteroatoms. The molecule has 0 bridgehead atoms. The van der Waals surface area contributed by atoms with Gasteiger partial charge in [0.15, 0.2) is 0 Å². The molecule has 0 aromatic heterocycles. The van der Waals surface area contributed by atoms with E-state index in [0.717, 1.165) is 18.8 Å². The average molecular weight is 291 g/mol. The summed E-state index contributed by atoms with van der Waals surface area (Å²) >= 11 is 0. The molecule has 116 valence electrons. The van der Waals surface area contributed by atoms with E-state index in [4.69, 9.17) is 10.5 Å². The highest BCUT2D eigenvalue weighted by atomic mass is 16.5. The minimum atomic E-state index is -0.366. The topological polar surface area (TPSA) is 67.6 Å². The van der Waals surface area contributed by atoms with Gasteiger partial charge in [-0.2, -0.15) is 0 Å². The first-order valence-corrected chi connectivity index (χ1v) is 7.70. The summed E-state index contributed by atoms with van der Waals surface area (Å²) in [7, 11) is 0. The van der Waals surface area contributed by atoms with Crippen molar-refractivity contribution in [3.05, 3.63) is 23.8 Å². The maximum Gasteiger partial charge on any atom is 0.340 e. The maximum atomic E-state index is 11.8. The highest BCUT2D eigenvalue weighted by Gasteiger charge is 2.23. The van der Waals surface area contributed by atoms with E-state index in [0.29, 0.717) is 23.9 Å². The van der Waals surface area contributed by atoms with Crippen LogP contribution in [-0.2, 0) is 4.74 Å². The van der Waals surface area contributed by atoms with Gasteiger partial charge in [0.25, 0.3) is 0 Å². The zero-order valence-electron chi connectivity index (χ0n) is 12.9. The van der Waals surface area contributed by atoms with E-state index in [-0.39, 0.29) is 5.97 Å². The zero-order valence-corrected chi connectivity index (χ0v) is 12.9. The number of hydrogen-bond acceptors (Lipinski definition) is 5. The second-order valence-corrected chi connectivity index (χ2v) is 5.29. The molecule has 0 saturated carbocycles. The first-order valence-electron chi connectivity index (χ1n) is 7.70. The summed E-state index contributed by atoms with van der Waals surface area (Å²) in [6.07, 6.45) is 2.46. The van der Waals surface area contributed by atoms with Crippen molar-refractivity contribution in [1.82, 2.24) is 4.90 Å². The molecule has 0 radical (unpaired) electrons. The first-order chi connectivity index (χ1) is 10.2. The number of benzene rings is 1. The second kappa shape index (κ2) is 7.31. The highest BCUT2D eigenvalue weighted by Crippen LogP contribution is 2.25. The molecule has 1 unspecified atom stereocenters. The predicted molar refractivity (Wildman–Crippen MR) is 85.6 cm³/mol. The Morgan fingerprint density at radius 2 is 2.29 bits per heavy atom. The predicted octanol–water partition coefficient (Wildman–Crippen LogP) is 2.34. The molecule has 2 rings (SSSR count). The van der Waals surface area contributed by atoms with Crippen LogP contribution in [0.3, 0.4) is 0 Å². The minimum absolute atomic E-state index is 0.351. The Kier molecular flexibility index (Phi) is 5.44. The lowest BCUT2D eigenvalue weighted by atomic mass is 10.1. The summed E-state index contributed by atoms with van der Waals surface area (Å²) in [6.45, 7) is 7.42. The minimum Gasteiger partial charge on any atom is -0.462 e. The zero-order chi connectivity index (χ0) is 15.2. The monoisotopic (exact) mass is 291 g/mol. The van der Waals surface area contributed by atoms with Crippen LogP contribution >= 0.6 is 0 Å². The van der Waals surface area contributed by atoms with Gasteiger partial charge < -0.3 is 15.8 Å². The van der Waals surface area contributed by atoms with Gasteiger partial charge in [-0.1, -0.05) is 13.0 Å². The van der Waals surface area contributed by atoms with Crippen molar-refractivity contribution in [3.8, 4) is 0 Å². The van der Waals surface area contributed by atoms with Crippen LogP contribution < -0.4 is 11.1 Å². The molecule has 1 aliphatic rings. The number of nitrogens with two attached hydrogens (primary N) is 1. The summed E-state index contributed by atoms with van der Waals surface area (Å²) < 4.78 is 5.02. The third-order valence-corrected chi connectivity index (χ3v) is 4.03. The van der Waals surface area contributed by atoms with Gasteiger partial charge >= 0.3 is 5.97 Å². The SMILES string of the molecule is CCOC(=O)c1cccc(NCC2CCCN2CC)c1N. The molecule has 1 atom stereocenters. The van der Waals surface area contributed by atoms with Gasteiger partial charge in [-0.05, 0) is 45.0 Å². The number of likely N-dealkylation sites (N-methyl/N-ethyl adjacent to an activating group) is 1. The van der Waals surface area contributed by atoms with Gasteiger partial charge in [0.2, 0.25) is 0 Å². The molecule has 0 spiro atoms. The summed E-state index contributed by atoms with van der Waals surface area (Å²) in [5.74, 6) is -0.366. The molecule has 1 heterocycles. The number of likely N-dealkylation sites (tertiary alicyclic amines) is 1. The molecule has 21 heavy (non-hydrogen) atoms. The van der Waals surface area contributed by atoms with Crippen molar-refractivity contribution in [2.75, 3.05) is 37.3 Å². The number of ether oxygens (including phenoxy) is 1. The maximum absolute atomic E-state index is 11.8. The molecule has 1 saturated heterocycles. The van der Waals surface area contributed by atoms with Gasteiger partial charge in [0.05, 0.1) is 23.5 Å². The van der Waals surface area contributed by atoms with Crippen molar-refractivity contribution in [2.24, 2.45) is 0 Å². The number of para-hydroxylation sites is 1. The molecular weight excluding hydrogens is 266 g/mol. The Morgan fingerprint density at radius 1 is 1.48 bits per heavy atom. The molecule has 0 aliphatic carbocycles. The van der Waals surface area contributed by atoms with Crippen LogP contribution in [0, 0.1) is 0 Å². The normalized spacial score (nSPS) is 18.7. The van der Waals surface area contributed by atoms with Crippen LogP contribution in [0.1, 0.15) is 37.0 Å². The van der Waals surface area contributed by atoms with E-state index in [9.17, 15) is 4.79 Å². The fourth-order valence-electron chi connectivity index (χ4n) is 2.88. The number of nitrogens with zero attached hydrogens (tertiary/aromatic N) is 1. The summed E-state index contributed by atoms with van der Waals surface area (Å²) in [6, 6.07) is 5.98. The first kappa shape index (κ1) is 15.6. The number of hydrogen-bond donors (Lipinski definition) is 2. The van der Waals surface area contributed by atoms with Crippen LogP contribution in [0.4, 0.5) is 11.4 Å². The van der Waals surface area contributed by atoms with Crippen LogP contribution in [0.5, 0.6) is 0 Å². The van der Waals surface area contributed by atoms with E-state index in [1.165, 1.54) is 19.4 Å². The van der Waals surface area contributed by atoms with Gasteiger partial charge in [-0.3, -0.25) is 4.90 Å². The van der Waals surface area contributed by atoms with Gasteiger partial charge in [0, 0.05) is 12.6 Å². The van der Waals surface area contributed by atoms with Gasteiger partial charge in [-0.15, -0.1) is 0 Å². The molecule has 0 amide bonds. The molecule has 3 N–H and O–H groups in total. The Bertz CT molecular complexity index is 490. The lowest BCUT2D eigenvalue weighted by Crippen LogP contribution is -2.34. The van der Waals surface area contributed by atoms with E-state index in [2.05, 4.69) is 17.1 Å². The third-order valence-electron chi connectivity index (χ3n) is 4.03. The number of rotatable bonds is 6. The molecule has 1 aromatic rings. The van der Waals surface area contributed by atoms with Crippen LogP contribution in [-0.4, -0.2) is 43.2 Å². The van der Waals surface area contributed by atoms with E-state index < -0.39 is 0 Å². The number of nitrogen functional groups attached to an aromatic ring is 1. The van der Waals surface area contributed by atoms with Crippen molar-refractivity contribution in [1.29, 1.82) is 0 Å². The van der Waals surface area contributed by atoms with E-state index >= 15 is 0 Å². The lowest BCUT2D eigenvalue weighted by Gasteiger charge is -2.24. The average Bonchev–Trinajstić information content (AvgIpc) is 2.94. The number of nitrogens with one attached hydrogen (secondary N) is 1. The summed E-state index contributed by atoms with van der Waals surface area (Å²) in [5.41, 5.74) is 7.80. The molecular formula is C16H25N3O2. The van der Waals surface area contributed by atoms with Crippen molar-refractivity contribution in [2.45, 2.75) is 32.7 Å². The molecule has 1 aliphatic heterocycles. The second-order valence-electron chi connectivity index (χ2n) is 5.29. The Balaban J connectivity index is 2.03. The Hall–Kier alpha value is -1.75. The fraction of sp³-hybridized carbons (Fsp3) is 0.562. The highest BCUT2D eigenvalue weighted by molar-refractivity contribution is 5.98. The number of carbonyl (C=O) groups excluding carboxylic acids is 1. The van der Waals surface area contributed by atoms with Crippen molar-refractivity contribution < 1.29 is 9.53 Å². The largest absolute Gasteiger partial charge is 0.462 e. The quantitative estimate of drug-likeness (QED) is 0.622. The van der Waals surface area contributed by atoms with Gasteiger partial charge in [0.1, 0.15) is 0 Å². The Labute approximate surface area is 126 Å². The summed E-state index contributed by atoms with van der Waals surface area (Å²) in [4.78, 5) is 14.3. The van der Waals surface area contributed by atoms with E-state index in [1.54, 1.807) is 13.0 Å². The summed E-state index contributed by atoms with van der Waals surface area (Å²) in [5, 5.41) is 3.38. The Morgan fingerprint density at radius 3 is 3.00 bits per heavy atom. The van der Waals surface area contributed by atoms with Crippen LogP contribution in [0.25, 0.3) is 0 Å². The smallest absolute Gasteiger partial charge is 0.340 e. The third kappa shape index (κ3) is 3.67. The number of esters is 1. The van der Waals surface area contributed by atoms with Crippen LogP contribution in [0.2, 0.25) is 0 Å². The van der Waals surface area contributed by atoms with Crippen LogP contribution in [0.15, 0.2) is 18.2 Å².